The van der Waals surface area contributed by atoms with Crippen molar-refractivity contribution in [1.29, 1.82) is 0 Å². The van der Waals surface area contributed by atoms with Crippen molar-refractivity contribution in [2.75, 3.05) is 6.16 Å². The molecule has 0 aliphatic heterocycles. The number of hydrogen-bond donors (Lipinski definition) is 1. The number of benzene rings is 1. The Kier molecular flexibility index (Phi) is 25.9. The van der Waals surface area contributed by atoms with Gasteiger partial charge in [0.15, 0.2) is 0 Å². The molecule has 1 aromatic rings. The van der Waals surface area contributed by atoms with Crippen molar-refractivity contribution in [3.63, 3.8) is 0 Å². The number of unbranched alkanes of at least 4 members (excludes halogenated alkanes) is 7. The summed E-state index contributed by atoms with van der Waals surface area (Å²) in [6.45, 7) is 2.29. The molecule has 0 heterocycles. The second kappa shape index (κ2) is 20.6. The van der Waals surface area contributed by atoms with Crippen molar-refractivity contribution in [3.05, 3.63) is 35.9 Å². The molecule has 0 saturated carbocycles. The van der Waals surface area contributed by atoms with Crippen LogP contribution < -0.4 is 6.15 Å². The maximum atomic E-state index is 2.29. The lowest BCUT2D eigenvalue weighted by Gasteiger charge is -2.03. The van der Waals surface area contributed by atoms with E-state index in [1.54, 1.807) is 0 Å². The fourth-order valence-electron chi connectivity index (χ4n) is 2.21. The van der Waals surface area contributed by atoms with Gasteiger partial charge in [-0.25, -0.2) is 0 Å². The van der Waals surface area contributed by atoms with Crippen LogP contribution in [-0.2, 0) is 6.16 Å². The highest BCUT2D eigenvalue weighted by atomic mass is 79.9. The van der Waals surface area contributed by atoms with Gasteiger partial charge in [-0.05, 0) is 24.3 Å². The summed E-state index contributed by atoms with van der Waals surface area (Å²) in [5.74, 6) is 0. The fraction of sp³-hybridized carbons (Fsp3) is 0.647. The van der Waals surface area contributed by atoms with Crippen LogP contribution in [0, 0.1) is 0 Å². The Balaban J connectivity index is -0.00000108. The maximum absolute atomic E-state index is 2.29. The Hall–Kier alpha value is 0.570. The average Bonchev–Trinajstić information content (AvgIpc) is 2.42. The average molecular weight is 443 g/mol. The molecule has 0 spiro atoms. The molecule has 0 fully saturated rings. The predicted molar refractivity (Wildman–Crippen MR) is 112 cm³/mol. The van der Waals surface area contributed by atoms with Gasteiger partial charge in [-0.15, -0.1) is 42.5 Å². The third kappa shape index (κ3) is 16.8. The highest BCUT2D eigenvalue weighted by molar-refractivity contribution is 8.93. The van der Waals surface area contributed by atoms with Gasteiger partial charge in [-0.1, -0.05) is 82.2 Å². The lowest BCUT2D eigenvalue weighted by Crippen LogP contribution is -1.83. The first kappa shape index (κ1) is 26.5. The molecule has 21 heavy (non-hydrogen) atoms. The van der Waals surface area contributed by atoms with Gasteiger partial charge in [0.05, 0.1) is 0 Å². The largest absolute Gasteiger partial charge is 0.344 e. The van der Waals surface area contributed by atoms with Gasteiger partial charge in [0.25, 0.3) is 0 Å². The second-order valence-electron chi connectivity index (χ2n) is 5.14. The van der Waals surface area contributed by atoms with Crippen LogP contribution >= 0.6 is 42.5 Å². The van der Waals surface area contributed by atoms with Gasteiger partial charge in [0, 0.05) is 0 Å². The molecule has 126 valence electrons. The molecule has 1 unspecified atom stereocenters. The van der Waals surface area contributed by atoms with Crippen LogP contribution in [0.4, 0.5) is 0 Å². The van der Waals surface area contributed by atoms with Crippen molar-refractivity contribution < 1.29 is 0 Å². The quantitative estimate of drug-likeness (QED) is 0.282. The Morgan fingerprint density at radius 1 is 0.762 bits per heavy atom. The summed E-state index contributed by atoms with van der Waals surface area (Å²) in [4.78, 5) is 0. The van der Waals surface area contributed by atoms with Crippen molar-refractivity contribution in [2.24, 2.45) is 0 Å². The normalized spacial score (nSPS) is 9.76. The SMILES string of the molecule is Br.Br.CCCCCCCCCCPCc1ccccc1.N. The summed E-state index contributed by atoms with van der Waals surface area (Å²) in [6, 6.07) is 10.9. The molecule has 0 aliphatic carbocycles. The third-order valence-corrected chi connectivity index (χ3v) is 4.74. The lowest BCUT2D eigenvalue weighted by atomic mass is 10.1. The van der Waals surface area contributed by atoms with E-state index in [0.29, 0.717) is 0 Å². The van der Waals surface area contributed by atoms with Crippen molar-refractivity contribution in [1.82, 2.24) is 6.15 Å². The monoisotopic (exact) mass is 441 g/mol. The van der Waals surface area contributed by atoms with Gasteiger partial charge in [-0.3, -0.25) is 0 Å². The molecular formula is C17H34Br2NP. The minimum Gasteiger partial charge on any atom is -0.344 e. The summed E-state index contributed by atoms with van der Waals surface area (Å²) in [5.41, 5.74) is 1.51. The topological polar surface area (TPSA) is 35.0 Å². The standard InChI is InChI=1S/C17H29P.2BrH.H3N/c1-2-3-4-5-6-7-8-12-15-18-16-17-13-10-9-11-14-17;;;/h9-11,13-14,18H,2-8,12,15-16H2,1H3;2*1H;1H3. The highest BCUT2D eigenvalue weighted by Gasteiger charge is 1.93. The molecule has 1 atom stereocenters. The molecule has 0 radical (unpaired) electrons. The molecule has 1 rings (SSSR count). The van der Waals surface area contributed by atoms with Crippen LogP contribution in [0.15, 0.2) is 30.3 Å². The number of hydrogen-bond acceptors (Lipinski definition) is 1. The zero-order valence-corrected chi connectivity index (χ0v) is 17.9. The first-order valence-corrected chi connectivity index (χ1v) is 9.09. The highest BCUT2D eigenvalue weighted by Crippen LogP contribution is 2.20. The zero-order chi connectivity index (χ0) is 12.9. The summed E-state index contributed by atoms with van der Waals surface area (Å²) in [6.07, 6.45) is 14.2. The van der Waals surface area contributed by atoms with Crippen LogP contribution in [0.5, 0.6) is 0 Å². The van der Waals surface area contributed by atoms with E-state index in [9.17, 15) is 0 Å². The van der Waals surface area contributed by atoms with Gasteiger partial charge < -0.3 is 6.15 Å². The fourth-order valence-corrected chi connectivity index (χ4v) is 3.41. The van der Waals surface area contributed by atoms with Crippen molar-refractivity contribution in [3.8, 4) is 0 Å². The molecule has 4 heteroatoms. The van der Waals surface area contributed by atoms with E-state index in [4.69, 9.17) is 0 Å². The van der Waals surface area contributed by atoms with Crippen LogP contribution in [-0.4, -0.2) is 6.16 Å². The van der Waals surface area contributed by atoms with E-state index >= 15 is 0 Å². The maximum Gasteiger partial charge on any atom is -0.0101 e. The predicted octanol–water partition coefficient (Wildman–Crippen LogP) is 7.32. The van der Waals surface area contributed by atoms with Gasteiger partial charge in [0.1, 0.15) is 0 Å². The van der Waals surface area contributed by atoms with E-state index in [1.165, 1.54) is 69.3 Å². The molecule has 0 saturated heterocycles. The van der Waals surface area contributed by atoms with Crippen molar-refractivity contribution >= 4 is 42.5 Å². The minimum absolute atomic E-state index is 0. The van der Waals surface area contributed by atoms with Gasteiger partial charge >= 0.3 is 0 Å². The molecule has 0 amide bonds. The molecular weight excluding hydrogens is 409 g/mol. The van der Waals surface area contributed by atoms with E-state index in [1.807, 2.05) is 0 Å². The van der Waals surface area contributed by atoms with Crippen LogP contribution in [0.1, 0.15) is 63.9 Å². The van der Waals surface area contributed by atoms with Gasteiger partial charge in [-0.2, -0.15) is 0 Å². The Morgan fingerprint density at radius 3 is 1.86 bits per heavy atom. The lowest BCUT2D eigenvalue weighted by molar-refractivity contribution is 0.586. The van der Waals surface area contributed by atoms with Crippen LogP contribution in [0.3, 0.4) is 0 Å². The third-order valence-electron chi connectivity index (χ3n) is 3.38. The molecule has 0 bridgehead atoms. The smallest absolute Gasteiger partial charge is 0.0101 e. The molecule has 0 aliphatic rings. The van der Waals surface area contributed by atoms with Crippen LogP contribution in [0.2, 0.25) is 0 Å². The van der Waals surface area contributed by atoms with E-state index < -0.39 is 0 Å². The number of halogens is 2. The van der Waals surface area contributed by atoms with Gasteiger partial charge in [0.2, 0.25) is 0 Å². The summed E-state index contributed by atoms with van der Waals surface area (Å²) in [5, 5.41) is 0. The molecule has 1 aromatic carbocycles. The van der Waals surface area contributed by atoms with E-state index in [-0.39, 0.29) is 40.1 Å². The molecule has 3 N–H and O–H groups in total. The second-order valence-corrected chi connectivity index (χ2v) is 6.49. The Morgan fingerprint density at radius 2 is 1.29 bits per heavy atom. The number of rotatable bonds is 11. The first-order chi connectivity index (χ1) is 8.93. The zero-order valence-electron chi connectivity index (χ0n) is 13.5. The molecule has 1 nitrogen and oxygen atoms in total. The minimum atomic E-state index is 0. The van der Waals surface area contributed by atoms with E-state index in [2.05, 4.69) is 37.3 Å². The summed E-state index contributed by atoms with van der Waals surface area (Å²) >= 11 is 0. The first-order valence-electron chi connectivity index (χ1n) is 7.68. The summed E-state index contributed by atoms with van der Waals surface area (Å²) < 4.78 is 0. The summed E-state index contributed by atoms with van der Waals surface area (Å²) in [7, 11) is 1.12. The molecule has 0 aromatic heterocycles. The van der Waals surface area contributed by atoms with E-state index in [0.717, 1.165) is 8.58 Å². The van der Waals surface area contributed by atoms with Crippen molar-refractivity contribution in [2.45, 2.75) is 64.5 Å². The Labute approximate surface area is 155 Å². The van der Waals surface area contributed by atoms with Crippen LogP contribution in [0.25, 0.3) is 0 Å². The Bertz CT molecular complexity index is 283.